The topological polar surface area (TPSA) is 47.9 Å². The Hall–Kier alpha value is -0.240. The quantitative estimate of drug-likeness (QED) is 0.596. The number of hydrogen-bond acceptors (Lipinski definition) is 6. The van der Waals surface area contributed by atoms with Gasteiger partial charge in [0.05, 0.1) is 22.9 Å². The Morgan fingerprint density at radius 1 is 1.19 bits per heavy atom. The summed E-state index contributed by atoms with van der Waals surface area (Å²) < 4.78 is 17.1. The number of aliphatic hydroxyl groups is 1. The van der Waals surface area contributed by atoms with Crippen molar-refractivity contribution >= 4 is 23.5 Å². The number of rotatable bonds is 10. The zero-order valence-electron chi connectivity index (χ0n) is 16.4. The van der Waals surface area contributed by atoms with Crippen LogP contribution >= 0.6 is 23.5 Å². The highest BCUT2D eigenvalue weighted by molar-refractivity contribution is 8.18. The molecule has 2 aliphatic heterocycles. The van der Waals surface area contributed by atoms with Gasteiger partial charge in [0.15, 0.2) is 12.6 Å². The standard InChI is InChI=1S/C21H32O4S2/c1-3-20(2,22)21(26-13-8-14-27-21)12-7-11-18-24-19(25-18)16-23-15-17-9-5-4-6-10-17/h4-6,9-10,18-19,22H,3,7-8,11-16H2,1-2H3. The zero-order chi connectivity index (χ0) is 19.2. The number of hydrogen-bond donors (Lipinski definition) is 1. The van der Waals surface area contributed by atoms with Gasteiger partial charge in [0.25, 0.3) is 0 Å². The van der Waals surface area contributed by atoms with Crippen LogP contribution in [0.15, 0.2) is 30.3 Å². The van der Waals surface area contributed by atoms with Gasteiger partial charge in [-0.2, -0.15) is 0 Å². The van der Waals surface area contributed by atoms with E-state index in [4.69, 9.17) is 14.2 Å². The fourth-order valence-corrected chi connectivity index (χ4v) is 7.22. The average molecular weight is 413 g/mol. The van der Waals surface area contributed by atoms with Crippen LogP contribution in [0.3, 0.4) is 0 Å². The van der Waals surface area contributed by atoms with Gasteiger partial charge in [-0.25, -0.2) is 0 Å². The van der Waals surface area contributed by atoms with E-state index in [0.29, 0.717) is 13.2 Å². The van der Waals surface area contributed by atoms with Crippen LogP contribution in [0, 0.1) is 0 Å². The normalized spacial score (nSPS) is 26.9. The third-order valence-electron chi connectivity index (χ3n) is 5.39. The molecule has 0 amide bonds. The molecule has 2 aliphatic rings. The predicted molar refractivity (Wildman–Crippen MR) is 113 cm³/mol. The largest absolute Gasteiger partial charge is 0.388 e. The first-order valence-corrected chi connectivity index (χ1v) is 11.9. The summed E-state index contributed by atoms with van der Waals surface area (Å²) in [4.78, 5) is 0. The van der Waals surface area contributed by atoms with Gasteiger partial charge in [-0.1, -0.05) is 37.3 Å². The van der Waals surface area contributed by atoms with Crippen molar-refractivity contribution in [3.8, 4) is 0 Å². The minimum atomic E-state index is -0.641. The molecule has 1 N–H and O–H groups in total. The molecule has 1 atom stereocenters. The molecule has 0 aromatic heterocycles. The van der Waals surface area contributed by atoms with Gasteiger partial charge in [0.2, 0.25) is 0 Å². The second-order valence-electron chi connectivity index (χ2n) is 7.46. The minimum Gasteiger partial charge on any atom is -0.388 e. The molecule has 6 heteroatoms. The van der Waals surface area contributed by atoms with Crippen molar-refractivity contribution in [1.29, 1.82) is 0 Å². The van der Waals surface area contributed by atoms with Gasteiger partial charge < -0.3 is 19.3 Å². The van der Waals surface area contributed by atoms with Crippen molar-refractivity contribution in [2.24, 2.45) is 0 Å². The van der Waals surface area contributed by atoms with Gasteiger partial charge in [-0.3, -0.25) is 0 Å². The first kappa shape index (κ1) is 21.5. The second kappa shape index (κ2) is 9.99. The Morgan fingerprint density at radius 2 is 1.89 bits per heavy atom. The fourth-order valence-electron chi connectivity index (χ4n) is 3.48. The summed E-state index contributed by atoms with van der Waals surface area (Å²) >= 11 is 3.88. The van der Waals surface area contributed by atoms with Crippen molar-refractivity contribution in [3.05, 3.63) is 35.9 Å². The smallest absolute Gasteiger partial charge is 0.186 e. The molecular formula is C21H32O4S2. The van der Waals surface area contributed by atoms with E-state index in [0.717, 1.165) is 42.8 Å². The molecule has 0 spiro atoms. The van der Waals surface area contributed by atoms with Crippen LogP contribution in [-0.2, 0) is 20.8 Å². The lowest BCUT2D eigenvalue weighted by Gasteiger charge is -2.47. The summed E-state index contributed by atoms with van der Waals surface area (Å²) in [6.45, 7) is 5.12. The van der Waals surface area contributed by atoms with E-state index in [2.05, 4.69) is 6.92 Å². The number of ether oxygens (including phenoxy) is 3. The molecule has 3 rings (SSSR count). The fraction of sp³-hybridized carbons (Fsp3) is 0.714. The summed E-state index contributed by atoms with van der Waals surface area (Å²) in [7, 11) is 0. The van der Waals surface area contributed by atoms with Gasteiger partial charge in [0, 0.05) is 0 Å². The van der Waals surface area contributed by atoms with Crippen LogP contribution in [0.2, 0.25) is 0 Å². The summed E-state index contributed by atoms with van der Waals surface area (Å²) in [5.74, 6) is 2.28. The molecule has 1 aromatic carbocycles. The predicted octanol–water partition coefficient (Wildman–Crippen LogP) is 4.80. The summed E-state index contributed by atoms with van der Waals surface area (Å²) in [5.41, 5.74) is 0.516. The molecule has 2 saturated heterocycles. The van der Waals surface area contributed by atoms with Gasteiger partial charge in [0.1, 0.15) is 0 Å². The maximum atomic E-state index is 10.9. The van der Waals surface area contributed by atoms with Crippen LogP contribution in [0.4, 0.5) is 0 Å². The average Bonchev–Trinajstić information content (AvgIpc) is 2.67. The number of thioether (sulfide) groups is 2. The monoisotopic (exact) mass is 412 g/mol. The van der Waals surface area contributed by atoms with Crippen molar-refractivity contribution in [3.63, 3.8) is 0 Å². The first-order valence-electron chi connectivity index (χ1n) is 9.97. The lowest BCUT2D eigenvalue weighted by atomic mass is 9.94. The van der Waals surface area contributed by atoms with E-state index in [1.807, 2.05) is 60.8 Å². The Morgan fingerprint density at radius 3 is 2.56 bits per heavy atom. The maximum Gasteiger partial charge on any atom is 0.186 e. The summed E-state index contributed by atoms with van der Waals surface area (Å²) in [5, 5.41) is 10.9. The second-order valence-corrected chi connectivity index (χ2v) is 10.5. The van der Waals surface area contributed by atoms with E-state index in [1.54, 1.807) is 0 Å². The third-order valence-corrected chi connectivity index (χ3v) is 9.30. The Labute approximate surface area is 171 Å². The molecule has 0 bridgehead atoms. The molecule has 1 unspecified atom stereocenters. The lowest BCUT2D eigenvalue weighted by Crippen LogP contribution is -2.49. The highest BCUT2D eigenvalue weighted by Gasteiger charge is 2.47. The van der Waals surface area contributed by atoms with Crippen molar-refractivity contribution in [2.45, 2.75) is 74.8 Å². The zero-order valence-corrected chi connectivity index (χ0v) is 18.0. The molecule has 152 valence electrons. The van der Waals surface area contributed by atoms with Crippen molar-refractivity contribution in [1.82, 2.24) is 0 Å². The van der Waals surface area contributed by atoms with E-state index in [9.17, 15) is 5.11 Å². The van der Waals surface area contributed by atoms with E-state index >= 15 is 0 Å². The Balaban J connectivity index is 1.33. The molecule has 27 heavy (non-hydrogen) atoms. The van der Waals surface area contributed by atoms with Crippen LogP contribution in [0.5, 0.6) is 0 Å². The molecule has 0 saturated carbocycles. The minimum absolute atomic E-state index is 0.0953. The van der Waals surface area contributed by atoms with Gasteiger partial charge in [-0.05, 0) is 56.1 Å². The van der Waals surface area contributed by atoms with Gasteiger partial charge >= 0.3 is 0 Å². The molecule has 2 fully saturated rings. The highest BCUT2D eigenvalue weighted by atomic mass is 32.2. The van der Waals surface area contributed by atoms with Crippen LogP contribution in [0.1, 0.15) is 51.5 Å². The van der Waals surface area contributed by atoms with Crippen molar-refractivity contribution < 1.29 is 19.3 Å². The Kier molecular flexibility index (Phi) is 7.94. The van der Waals surface area contributed by atoms with Gasteiger partial charge in [-0.15, -0.1) is 23.5 Å². The summed E-state index contributed by atoms with van der Waals surface area (Å²) in [6.07, 6.45) is 4.50. The number of benzene rings is 1. The van der Waals surface area contributed by atoms with E-state index in [-0.39, 0.29) is 16.7 Å². The van der Waals surface area contributed by atoms with Crippen LogP contribution in [-0.4, -0.2) is 45.5 Å². The third kappa shape index (κ3) is 5.64. The van der Waals surface area contributed by atoms with E-state index in [1.165, 1.54) is 6.42 Å². The van der Waals surface area contributed by atoms with Crippen LogP contribution < -0.4 is 0 Å². The molecule has 0 aliphatic carbocycles. The summed E-state index contributed by atoms with van der Waals surface area (Å²) in [6, 6.07) is 10.1. The lowest BCUT2D eigenvalue weighted by molar-refractivity contribution is -0.394. The SMILES string of the molecule is CCC(C)(O)C1(CCCC2OC(COCc3ccccc3)O2)SCCCS1. The highest BCUT2D eigenvalue weighted by Crippen LogP contribution is 2.53. The molecular weight excluding hydrogens is 380 g/mol. The molecule has 4 nitrogen and oxygen atoms in total. The van der Waals surface area contributed by atoms with Crippen molar-refractivity contribution in [2.75, 3.05) is 18.1 Å². The first-order chi connectivity index (χ1) is 13.0. The maximum absolute atomic E-state index is 10.9. The van der Waals surface area contributed by atoms with E-state index < -0.39 is 5.60 Å². The Bertz CT molecular complexity index is 555. The van der Waals surface area contributed by atoms with Crippen LogP contribution in [0.25, 0.3) is 0 Å². The molecule has 0 radical (unpaired) electrons. The molecule has 2 heterocycles. The molecule has 1 aromatic rings.